The monoisotopic (exact) mass is 486 g/mol. The van der Waals surface area contributed by atoms with Gasteiger partial charge in [-0.2, -0.15) is 8.78 Å². The highest BCUT2D eigenvalue weighted by atomic mass is 19.3. The highest BCUT2D eigenvalue weighted by Gasteiger charge is 2.24. The quantitative estimate of drug-likeness (QED) is 0.281. The van der Waals surface area contributed by atoms with Gasteiger partial charge in [0.1, 0.15) is 17.3 Å². The Hall–Kier alpha value is -3.02. The van der Waals surface area contributed by atoms with Crippen LogP contribution >= 0.6 is 0 Å². The van der Waals surface area contributed by atoms with Crippen molar-refractivity contribution < 1.29 is 27.0 Å². The van der Waals surface area contributed by atoms with E-state index in [1.165, 1.54) is 49.6 Å². The number of rotatable bonds is 9. The third-order valence-electron chi connectivity index (χ3n) is 6.97. The molecule has 0 saturated heterocycles. The number of alkyl halides is 2. The van der Waals surface area contributed by atoms with Crippen LogP contribution in [0, 0.1) is 23.5 Å². The van der Waals surface area contributed by atoms with Crippen LogP contribution in [0.3, 0.4) is 0 Å². The zero-order valence-corrected chi connectivity index (χ0v) is 19.8. The molecule has 0 bridgehead atoms. The molecular formula is C29H30F4O2. The summed E-state index contributed by atoms with van der Waals surface area (Å²) in [5, 5.41) is 0. The lowest BCUT2D eigenvalue weighted by Crippen LogP contribution is -2.15. The minimum Gasteiger partial charge on any atom is -0.454 e. The van der Waals surface area contributed by atoms with Crippen molar-refractivity contribution in [3.05, 3.63) is 77.9 Å². The molecule has 2 nitrogen and oxygen atoms in total. The SMILES string of the molecule is CCC1CCC(CCc2c(F)cc(-c3ccccc3)c(Oc3ccc(OC(F)F)cc3)c2F)CC1. The molecule has 6 heteroatoms. The maximum absolute atomic E-state index is 15.8. The molecule has 0 radical (unpaired) electrons. The first kappa shape index (κ1) is 25.1. The van der Waals surface area contributed by atoms with Crippen LogP contribution in [0.1, 0.15) is 51.0 Å². The van der Waals surface area contributed by atoms with Gasteiger partial charge in [0, 0.05) is 11.1 Å². The molecule has 1 fully saturated rings. The van der Waals surface area contributed by atoms with Gasteiger partial charge in [0.15, 0.2) is 11.6 Å². The number of ether oxygens (including phenoxy) is 2. The van der Waals surface area contributed by atoms with Gasteiger partial charge < -0.3 is 9.47 Å². The zero-order chi connectivity index (χ0) is 24.8. The maximum atomic E-state index is 15.8. The predicted molar refractivity (Wildman–Crippen MR) is 129 cm³/mol. The van der Waals surface area contributed by atoms with Gasteiger partial charge in [-0.3, -0.25) is 0 Å². The van der Waals surface area contributed by atoms with Crippen molar-refractivity contribution in [2.75, 3.05) is 0 Å². The number of benzene rings is 3. The fourth-order valence-electron chi connectivity index (χ4n) is 4.88. The second-order valence-corrected chi connectivity index (χ2v) is 9.18. The fourth-order valence-corrected chi connectivity index (χ4v) is 4.88. The lowest BCUT2D eigenvalue weighted by atomic mass is 9.78. The lowest BCUT2D eigenvalue weighted by molar-refractivity contribution is -0.0498. The Kier molecular flexibility index (Phi) is 8.32. The molecule has 4 rings (SSSR count). The standard InChI is InChI=1S/C29H30F4O2/c1-2-19-8-10-20(11-9-19)12-17-24-26(30)18-25(21-6-4-3-5-7-21)28(27(24)31)34-22-13-15-23(16-14-22)35-29(32)33/h3-7,13-16,18-20,29H,2,8-12,17H2,1H3. The average Bonchev–Trinajstić information content (AvgIpc) is 2.87. The zero-order valence-electron chi connectivity index (χ0n) is 19.8. The summed E-state index contributed by atoms with van der Waals surface area (Å²) in [5.41, 5.74) is 0.929. The summed E-state index contributed by atoms with van der Waals surface area (Å²) in [4.78, 5) is 0. The van der Waals surface area contributed by atoms with Gasteiger partial charge in [-0.05, 0) is 60.6 Å². The van der Waals surface area contributed by atoms with E-state index in [9.17, 15) is 8.78 Å². The summed E-state index contributed by atoms with van der Waals surface area (Å²) in [6, 6.07) is 15.7. The summed E-state index contributed by atoms with van der Waals surface area (Å²) < 4.78 is 66.1. The van der Waals surface area contributed by atoms with Crippen LogP contribution in [0.25, 0.3) is 11.1 Å². The molecule has 3 aromatic rings. The van der Waals surface area contributed by atoms with Crippen LogP contribution in [-0.2, 0) is 6.42 Å². The van der Waals surface area contributed by atoms with Crippen LogP contribution in [-0.4, -0.2) is 6.61 Å². The van der Waals surface area contributed by atoms with Crippen LogP contribution in [0.5, 0.6) is 17.2 Å². The molecule has 0 N–H and O–H groups in total. The van der Waals surface area contributed by atoms with E-state index in [4.69, 9.17) is 4.74 Å². The van der Waals surface area contributed by atoms with Crippen molar-refractivity contribution in [1.82, 2.24) is 0 Å². The molecule has 0 aromatic heterocycles. The van der Waals surface area contributed by atoms with Gasteiger partial charge in [0.25, 0.3) is 0 Å². The Labute approximate surface area is 203 Å². The molecule has 0 atom stereocenters. The summed E-state index contributed by atoms with van der Waals surface area (Å²) in [6.07, 6.45) is 6.77. The Balaban J connectivity index is 1.61. The average molecular weight is 487 g/mol. The number of hydrogen-bond acceptors (Lipinski definition) is 2. The van der Waals surface area contributed by atoms with E-state index in [0.29, 0.717) is 23.5 Å². The molecule has 0 aliphatic heterocycles. The Morgan fingerprint density at radius 1 is 0.857 bits per heavy atom. The highest BCUT2D eigenvalue weighted by molar-refractivity contribution is 5.72. The molecule has 0 amide bonds. The predicted octanol–water partition coefficient (Wildman–Crippen LogP) is 9.17. The molecule has 1 aliphatic rings. The van der Waals surface area contributed by atoms with Gasteiger partial charge >= 0.3 is 6.61 Å². The second kappa shape index (κ2) is 11.6. The molecule has 1 saturated carbocycles. The van der Waals surface area contributed by atoms with Gasteiger partial charge in [0.2, 0.25) is 0 Å². The van der Waals surface area contributed by atoms with E-state index in [1.807, 2.05) is 6.07 Å². The van der Waals surface area contributed by atoms with Crippen molar-refractivity contribution in [2.24, 2.45) is 11.8 Å². The molecule has 0 heterocycles. The lowest BCUT2D eigenvalue weighted by Gasteiger charge is -2.28. The Morgan fingerprint density at radius 3 is 2.11 bits per heavy atom. The molecule has 1 aliphatic carbocycles. The molecule has 35 heavy (non-hydrogen) atoms. The summed E-state index contributed by atoms with van der Waals surface area (Å²) in [7, 11) is 0. The van der Waals surface area contributed by atoms with Crippen LogP contribution in [0.15, 0.2) is 60.7 Å². The minimum atomic E-state index is -2.94. The molecule has 0 spiro atoms. The number of hydrogen-bond donors (Lipinski definition) is 0. The minimum absolute atomic E-state index is 0.0231. The van der Waals surface area contributed by atoms with Gasteiger partial charge in [-0.1, -0.05) is 69.4 Å². The summed E-state index contributed by atoms with van der Waals surface area (Å²) in [5.74, 6) is 0.0480. The summed E-state index contributed by atoms with van der Waals surface area (Å²) >= 11 is 0. The summed E-state index contributed by atoms with van der Waals surface area (Å²) in [6.45, 7) is -0.731. The van der Waals surface area contributed by atoms with E-state index in [2.05, 4.69) is 11.7 Å². The highest BCUT2D eigenvalue weighted by Crippen LogP contribution is 2.40. The van der Waals surface area contributed by atoms with E-state index in [1.54, 1.807) is 24.3 Å². The second-order valence-electron chi connectivity index (χ2n) is 9.18. The van der Waals surface area contributed by atoms with Crippen LogP contribution in [0.4, 0.5) is 17.6 Å². The largest absolute Gasteiger partial charge is 0.454 e. The number of halogens is 4. The normalized spacial score (nSPS) is 18.0. The molecule has 186 valence electrons. The molecule has 0 unspecified atom stereocenters. The van der Waals surface area contributed by atoms with Gasteiger partial charge in [-0.15, -0.1) is 0 Å². The van der Waals surface area contributed by atoms with Crippen molar-refractivity contribution in [1.29, 1.82) is 0 Å². The van der Waals surface area contributed by atoms with Crippen molar-refractivity contribution in [3.63, 3.8) is 0 Å². The molecule has 3 aromatic carbocycles. The van der Waals surface area contributed by atoms with E-state index in [-0.39, 0.29) is 22.8 Å². The van der Waals surface area contributed by atoms with Crippen LogP contribution in [0.2, 0.25) is 0 Å². The van der Waals surface area contributed by atoms with Crippen molar-refractivity contribution in [3.8, 4) is 28.4 Å². The van der Waals surface area contributed by atoms with Crippen molar-refractivity contribution >= 4 is 0 Å². The van der Waals surface area contributed by atoms with Gasteiger partial charge in [0.05, 0.1) is 0 Å². The molecular weight excluding hydrogens is 456 g/mol. The van der Waals surface area contributed by atoms with Gasteiger partial charge in [-0.25, -0.2) is 8.78 Å². The van der Waals surface area contributed by atoms with Crippen LogP contribution < -0.4 is 9.47 Å². The first-order chi connectivity index (χ1) is 16.9. The van der Waals surface area contributed by atoms with Crippen molar-refractivity contribution in [2.45, 2.75) is 58.5 Å². The third-order valence-corrected chi connectivity index (χ3v) is 6.97. The first-order valence-corrected chi connectivity index (χ1v) is 12.2. The Morgan fingerprint density at radius 2 is 1.49 bits per heavy atom. The topological polar surface area (TPSA) is 18.5 Å². The smallest absolute Gasteiger partial charge is 0.387 e. The van der Waals surface area contributed by atoms with E-state index < -0.39 is 18.2 Å². The van der Waals surface area contributed by atoms with E-state index in [0.717, 1.165) is 25.2 Å². The third kappa shape index (κ3) is 6.36. The maximum Gasteiger partial charge on any atom is 0.387 e. The Bertz CT molecular complexity index is 1090. The van der Waals surface area contributed by atoms with E-state index >= 15 is 8.78 Å². The fraction of sp³-hybridized carbons (Fsp3) is 0.379. The first-order valence-electron chi connectivity index (χ1n) is 12.2.